The molecule has 0 N–H and O–H groups in total. The molecule has 0 aliphatic carbocycles. The molecule has 0 amide bonds. The van der Waals surface area contributed by atoms with Gasteiger partial charge in [-0.25, -0.2) is 14.4 Å². The van der Waals surface area contributed by atoms with Gasteiger partial charge in [0.2, 0.25) is 0 Å². The molecule has 2 aromatic carbocycles. The van der Waals surface area contributed by atoms with Crippen LogP contribution in [0.4, 0.5) is 0 Å². The average molecular weight is 628 g/mol. The van der Waals surface area contributed by atoms with Crippen molar-refractivity contribution in [2.45, 2.75) is 37.9 Å². The number of furan rings is 1. The van der Waals surface area contributed by atoms with Gasteiger partial charge >= 0.3 is 23.0 Å². The maximum absolute atomic E-state index is 14.1. The first kappa shape index (κ1) is 30.4. The fourth-order valence-electron chi connectivity index (χ4n) is 5.46. The molecule has 4 heterocycles. The summed E-state index contributed by atoms with van der Waals surface area (Å²) < 4.78 is 30.0. The molecule has 0 saturated carbocycles. The minimum Gasteiger partial charge on any atom is -0.462 e. The highest BCUT2D eigenvalue weighted by atomic mass is 32.2. The number of hydrogen-bond donors (Lipinski definition) is 0. The molecule has 2 aliphatic rings. The topological polar surface area (TPSA) is 118 Å². The number of carbonyl (C=O) groups is 3. The van der Waals surface area contributed by atoms with Crippen LogP contribution in [0.2, 0.25) is 0 Å². The van der Waals surface area contributed by atoms with Gasteiger partial charge < -0.3 is 23.4 Å². The fourth-order valence-corrected chi connectivity index (χ4v) is 6.46. The van der Waals surface area contributed by atoms with Gasteiger partial charge in [0.05, 0.1) is 25.4 Å². The van der Waals surface area contributed by atoms with Crippen LogP contribution in [0.25, 0.3) is 17.4 Å². The molecule has 1 fully saturated rings. The van der Waals surface area contributed by atoms with Crippen molar-refractivity contribution >= 4 is 35.7 Å². The van der Waals surface area contributed by atoms with Gasteiger partial charge in [0, 0.05) is 36.7 Å². The zero-order chi connectivity index (χ0) is 31.6. The summed E-state index contributed by atoms with van der Waals surface area (Å²) in [4.78, 5) is 44.6. The molecule has 10 nitrogen and oxygen atoms in total. The Morgan fingerprint density at radius 2 is 1.73 bits per heavy atom. The molecule has 6 rings (SSSR count). The summed E-state index contributed by atoms with van der Waals surface area (Å²) in [5, 5.41) is 0.399. The average Bonchev–Trinajstić information content (AvgIpc) is 3.78. The van der Waals surface area contributed by atoms with Crippen LogP contribution in [0, 0.1) is 6.92 Å². The van der Waals surface area contributed by atoms with Crippen molar-refractivity contribution in [1.29, 1.82) is 0 Å². The van der Waals surface area contributed by atoms with Gasteiger partial charge in [0.25, 0.3) is 0 Å². The lowest BCUT2D eigenvalue weighted by atomic mass is 9.87. The molecule has 2 aliphatic heterocycles. The predicted molar refractivity (Wildman–Crippen MR) is 163 cm³/mol. The number of nitrogens with zero attached hydrogens (tertiary/aromatic N) is 2. The molecule has 2 aromatic heterocycles. The first-order chi connectivity index (χ1) is 21.8. The minimum absolute atomic E-state index is 0.00573. The van der Waals surface area contributed by atoms with E-state index >= 15 is 0 Å². The quantitative estimate of drug-likeness (QED) is 0.102. The van der Waals surface area contributed by atoms with E-state index in [1.54, 1.807) is 63.2 Å². The molecule has 45 heavy (non-hydrogen) atoms. The number of hydrogen-bond acceptors (Lipinski definition) is 10. The summed E-state index contributed by atoms with van der Waals surface area (Å²) in [6, 6.07) is 20.2. The number of benzene rings is 2. The molecule has 230 valence electrons. The molecule has 11 heteroatoms. The van der Waals surface area contributed by atoms with Crippen LogP contribution >= 0.6 is 11.8 Å². The van der Waals surface area contributed by atoms with Crippen LogP contribution < -0.4 is 4.57 Å². The van der Waals surface area contributed by atoms with Crippen LogP contribution in [0.3, 0.4) is 0 Å². The zero-order valence-corrected chi connectivity index (χ0v) is 25.8. The number of ether oxygens (including phenoxy) is 4. The summed E-state index contributed by atoms with van der Waals surface area (Å²) in [7, 11) is 0. The molecule has 0 bridgehead atoms. The van der Waals surface area contributed by atoms with Crippen LogP contribution in [0.1, 0.15) is 62.1 Å². The van der Waals surface area contributed by atoms with Crippen molar-refractivity contribution in [3.8, 4) is 11.3 Å². The third-order valence-electron chi connectivity index (χ3n) is 7.47. The normalized spacial score (nSPS) is 18.3. The van der Waals surface area contributed by atoms with Crippen LogP contribution in [0.15, 0.2) is 81.2 Å². The Labute approximate surface area is 264 Å². The number of carbonyl (C=O) groups excluding carboxylic acids is 3. The smallest absolute Gasteiger partial charge is 0.372 e. The highest BCUT2D eigenvalue weighted by Crippen LogP contribution is 2.40. The third kappa shape index (κ3) is 5.94. The summed E-state index contributed by atoms with van der Waals surface area (Å²) in [6.07, 6.45) is 2.01. The van der Waals surface area contributed by atoms with Crippen LogP contribution in [-0.4, -0.2) is 49.4 Å². The molecule has 1 unspecified atom stereocenters. The molecular weight excluding hydrogens is 596 g/mol. The first-order valence-corrected chi connectivity index (χ1v) is 15.4. The van der Waals surface area contributed by atoms with Crippen LogP contribution in [0.5, 0.6) is 0 Å². The van der Waals surface area contributed by atoms with Crippen molar-refractivity contribution in [2.75, 3.05) is 26.6 Å². The van der Waals surface area contributed by atoms with E-state index in [0.29, 0.717) is 51.6 Å². The maximum Gasteiger partial charge on any atom is 0.372 e. The van der Waals surface area contributed by atoms with E-state index in [1.807, 2.05) is 30.3 Å². The first-order valence-electron chi connectivity index (χ1n) is 14.5. The van der Waals surface area contributed by atoms with Crippen molar-refractivity contribution in [1.82, 2.24) is 4.98 Å². The standard InChI is InChI=1S/C34H31N2O8S/c1-4-41-31(38)24-13-11-23(12-14-24)26-16-15-25(44-26)17-27-30(37)36-29(28(32(39)42-5-2)21(3)35-33(36)45-27)34(19-40-20-43-34)18-22-9-7-6-8-10-22/h6-17H,4-5,18-20H2,1-3H3/q+1. The second kappa shape index (κ2) is 12.8. The minimum atomic E-state index is -1.15. The van der Waals surface area contributed by atoms with Crippen LogP contribution in [-0.2, 0) is 31.0 Å². The maximum atomic E-state index is 14.1. The third-order valence-corrected chi connectivity index (χ3v) is 8.44. The van der Waals surface area contributed by atoms with Gasteiger partial charge in [-0.1, -0.05) is 42.5 Å². The molecule has 0 spiro atoms. The Morgan fingerprint density at radius 3 is 2.42 bits per heavy atom. The van der Waals surface area contributed by atoms with Crippen molar-refractivity contribution in [3.05, 3.63) is 105 Å². The van der Waals surface area contributed by atoms with Gasteiger partial charge in [0.1, 0.15) is 23.2 Å². The molecule has 4 aromatic rings. The summed E-state index contributed by atoms with van der Waals surface area (Å²) in [6.45, 7) is 5.79. The second-order valence-corrected chi connectivity index (χ2v) is 11.5. The SMILES string of the molecule is CCOC(=O)c1ccc(-c2ccc(C=C3Sc4nc(C)c(C(=O)OCC)c(C5(Cc6ccccc6)COCO5)[n+]4C3=O)o2)cc1. The molecular formula is C34H31N2O8S+. The lowest BCUT2D eigenvalue weighted by molar-refractivity contribution is -0.629. The van der Waals surface area contributed by atoms with Crippen molar-refractivity contribution in [2.24, 2.45) is 0 Å². The summed E-state index contributed by atoms with van der Waals surface area (Å²) in [5.74, 6) is -0.335. The Morgan fingerprint density at radius 1 is 1.00 bits per heavy atom. The Bertz CT molecular complexity index is 1790. The van der Waals surface area contributed by atoms with E-state index in [0.717, 1.165) is 11.1 Å². The Kier molecular flexibility index (Phi) is 8.66. The Balaban J connectivity index is 1.38. The fraction of sp³-hybridized carbons (Fsp3) is 0.265. The van der Waals surface area contributed by atoms with Crippen molar-refractivity contribution in [3.63, 3.8) is 0 Å². The van der Waals surface area contributed by atoms with Gasteiger partial charge in [-0.15, -0.1) is 4.57 Å². The highest BCUT2D eigenvalue weighted by molar-refractivity contribution is 8.04. The lowest BCUT2D eigenvalue weighted by Crippen LogP contribution is -2.54. The zero-order valence-electron chi connectivity index (χ0n) is 25.0. The van der Waals surface area contributed by atoms with E-state index < -0.39 is 17.5 Å². The number of allylic oxidation sites excluding steroid dienone is 1. The van der Waals surface area contributed by atoms with Gasteiger partial charge in [0.15, 0.2) is 22.6 Å². The number of aryl methyl sites for hydroxylation is 1. The summed E-state index contributed by atoms with van der Waals surface area (Å²) in [5.41, 5.74) is 1.97. The van der Waals surface area contributed by atoms with E-state index in [1.165, 1.54) is 16.3 Å². The lowest BCUT2D eigenvalue weighted by Gasteiger charge is -2.27. The Hall–Kier alpha value is -4.58. The van der Waals surface area contributed by atoms with E-state index in [-0.39, 0.29) is 31.5 Å². The largest absolute Gasteiger partial charge is 0.462 e. The number of fused-ring (bicyclic) bond motifs is 1. The van der Waals surface area contributed by atoms with Gasteiger partial charge in [-0.05, 0) is 48.7 Å². The van der Waals surface area contributed by atoms with E-state index in [9.17, 15) is 14.4 Å². The number of aromatic nitrogens is 2. The molecule has 1 atom stereocenters. The van der Waals surface area contributed by atoms with Gasteiger partial charge in [-0.2, -0.15) is 0 Å². The van der Waals surface area contributed by atoms with E-state index in [4.69, 9.17) is 23.4 Å². The molecule has 0 radical (unpaired) electrons. The van der Waals surface area contributed by atoms with Gasteiger partial charge in [-0.3, -0.25) is 0 Å². The second-order valence-electron chi connectivity index (χ2n) is 10.4. The predicted octanol–water partition coefficient (Wildman–Crippen LogP) is 5.52. The number of thioether (sulfide) groups is 1. The van der Waals surface area contributed by atoms with Crippen molar-refractivity contribution < 1.29 is 42.3 Å². The monoisotopic (exact) mass is 627 g/mol. The van der Waals surface area contributed by atoms with E-state index in [2.05, 4.69) is 4.98 Å². The highest BCUT2D eigenvalue weighted by Gasteiger charge is 2.52. The number of esters is 2. The molecule has 1 saturated heterocycles. The number of rotatable bonds is 9. The summed E-state index contributed by atoms with van der Waals surface area (Å²) >= 11 is 1.18.